The Kier molecular flexibility index (Phi) is 3.42. The molecule has 1 aliphatic rings. The number of nitrogens with zero attached hydrogens (tertiary/aromatic N) is 2. The third-order valence-corrected chi connectivity index (χ3v) is 3.65. The molecule has 1 aromatic rings. The second-order valence-electron chi connectivity index (χ2n) is 3.55. The van der Waals surface area contributed by atoms with Gasteiger partial charge in [0.25, 0.3) is 0 Å². The van der Waals surface area contributed by atoms with E-state index in [4.69, 9.17) is 9.63 Å². The van der Waals surface area contributed by atoms with Gasteiger partial charge in [0, 0.05) is 6.42 Å². The maximum atomic E-state index is 8.77. The van der Waals surface area contributed by atoms with Crippen LogP contribution in [0.2, 0.25) is 0 Å². The average molecular weight is 214 g/mol. The van der Waals surface area contributed by atoms with Gasteiger partial charge >= 0.3 is 0 Å². The summed E-state index contributed by atoms with van der Waals surface area (Å²) in [6.45, 7) is -0.136. The van der Waals surface area contributed by atoms with Crippen molar-refractivity contribution >= 4 is 11.8 Å². The third kappa shape index (κ3) is 2.48. The standard InChI is InChI=1S/C9H14N2O2S/c12-5-8-10-9(13-11-8)4-7-2-1-3-14-6-7/h7,12H,1-6H2. The zero-order valence-electron chi connectivity index (χ0n) is 7.98. The molecule has 2 rings (SSSR count). The Labute approximate surface area is 87.1 Å². The van der Waals surface area contributed by atoms with Gasteiger partial charge in [0.15, 0.2) is 5.82 Å². The molecule has 1 aromatic heterocycles. The van der Waals surface area contributed by atoms with Crippen LogP contribution in [-0.2, 0) is 13.0 Å². The SMILES string of the molecule is OCc1noc(CC2CCCSC2)n1. The van der Waals surface area contributed by atoms with E-state index in [1.165, 1.54) is 24.3 Å². The number of hydrogen-bond donors (Lipinski definition) is 1. The lowest BCUT2D eigenvalue weighted by Gasteiger charge is -2.18. The van der Waals surface area contributed by atoms with E-state index in [0.29, 0.717) is 17.6 Å². The smallest absolute Gasteiger partial charge is 0.227 e. The number of aliphatic hydroxyl groups is 1. The van der Waals surface area contributed by atoms with Crippen molar-refractivity contribution in [2.24, 2.45) is 5.92 Å². The number of aromatic nitrogens is 2. The summed E-state index contributed by atoms with van der Waals surface area (Å²) in [4.78, 5) is 4.09. The maximum Gasteiger partial charge on any atom is 0.227 e. The first-order chi connectivity index (χ1) is 6.88. The van der Waals surface area contributed by atoms with Crippen LogP contribution < -0.4 is 0 Å². The molecule has 0 radical (unpaired) electrons. The molecule has 0 aliphatic carbocycles. The molecule has 0 spiro atoms. The summed E-state index contributed by atoms with van der Waals surface area (Å²) in [6.07, 6.45) is 3.40. The fraction of sp³-hybridized carbons (Fsp3) is 0.778. The molecule has 0 bridgehead atoms. The van der Waals surface area contributed by atoms with E-state index in [-0.39, 0.29) is 6.61 Å². The largest absolute Gasteiger partial charge is 0.388 e. The van der Waals surface area contributed by atoms with Gasteiger partial charge in [0.1, 0.15) is 6.61 Å². The van der Waals surface area contributed by atoms with Crippen LogP contribution in [-0.4, -0.2) is 26.8 Å². The Morgan fingerprint density at radius 3 is 3.14 bits per heavy atom. The molecule has 4 nitrogen and oxygen atoms in total. The Bertz CT molecular complexity index is 284. The van der Waals surface area contributed by atoms with Crippen LogP contribution in [0.3, 0.4) is 0 Å². The lowest BCUT2D eigenvalue weighted by molar-refractivity contribution is 0.262. The van der Waals surface area contributed by atoms with Gasteiger partial charge in [0.2, 0.25) is 5.89 Å². The predicted octanol–water partition coefficient (Wildman–Crippen LogP) is 1.25. The van der Waals surface area contributed by atoms with E-state index in [1.54, 1.807) is 0 Å². The topological polar surface area (TPSA) is 59.2 Å². The van der Waals surface area contributed by atoms with Gasteiger partial charge < -0.3 is 9.63 Å². The number of hydrogen-bond acceptors (Lipinski definition) is 5. The molecule has 1 fully saturated rings. The summed E-state index contributed by atoms with van der Waals surface area (Å²) in [5, 5.41) is 12.4. The van der Waals surface area contributed by atoms with Gasteiger partial charge in [-0.3, -0.25) is 0 Å². The van der Waals surface area contributed by atoms with E-state index in [2.05, 4.69) is 10.1 Å². The van der Waals surface area contributed by atoms with Crippen molar-refractivity contribution in [2.75, 3.05) is 11.5 Å². The first-order valence-electron chi connectivity index (χ1n) is 4.88. The minimum Gasteiger partial charge on any atom is -0.388 e. The summed E-state index contributed by atoms with van der Waals surface area (Å²) >= 11 is 2.00. The van der Waals surface area contributed by atoms with Crippen molar-refractivity contribution in [3.05, 3.63) is 11.7 Å². The van der Waals surface area contributed by atoms with E-state index in [1.807, 2.05) is 11.8 Å². The van der Waals surface area contributed by atoms with Crippen molar-refractivity contribution in [2.45, 2.75) is 25.9 Å². The Morgan fingerprint density at radius 1 is 1.57 bits per heavy atom. The number of thioether (sulfide) groups is 1. The fourth-order valence-electron chi connectivity index (χ4n) is 1.65. The van der Waals surface area contributed by atoms with Crippen molar-refractivity contribution < 1.29 is 9.63 Å². The quantitative estimate of drug-likeness (QED) is 0.820. The van der Waals surface area contributed by atoms with Crippen molar-refractivity contribution in [1.29, 1.82) is 0 Å². The van der Waals surface area contributed by atoms with Crippen molar-refractivity contribution in [3.8, 4) is 0 Å². The van der Waals surface area contributed by atoms with E-state index in [0.717, 1.165) is 6.42 Å². The predicted molar refractivity (Wildman–Crippen MR) is 54.0 cm³/mol. The van der Waals surface area contributed by atoms with Gasteiger partial charge in [-0.15, -0.1) is 0 Å². The first kappa shape index (κ1) is 9.98. The molecule has 1 aliphatic heterocycles. The summed E-state index contributed by atoms with van der Waals surface area (Å²) in [5.41, 5.74) is 0. The van der Waals surface area contributed by atoms with Crippen LogP contribution in [0.4, 0.5) is 0 Å². The minimum absolute atomic E-state index is 0.136. The Hall–Kier alpha value is -0.550. The van der Waals surface area contributed by atoms with Crippen LogP contribution in [0.5, 0.6) is 0 Å². The van der Waals surface area contributed by atoms with Gasteiger partial charge in [-0.05, 0) is 30.3 Å². The fourth-order valence-corrected chi connectivity index (χ4v) is 2.81. The van der Waals surface area contributed by atoms with Crippen molar-refractivity contribution in [3.63, 3.8) is 0 Å². The van der Waals surface area contributed by atoms with Crippen molar-refractivity contribution in [1.82, 2.24) is 10.1 Å². The zero-order chi connectivity index (χ0) is 9.80. The van der Waals surface area contributed by atoms with Gasteiger partial charge in [0.05, 0.1) is 0 Å². The highest BCUT2D eigenvalue weighted by Crippen LogP contribution is 2.25. The molecule has 0 aromatic carbocycles. The van der Waals surface area contributed by atoms with Crippen LogP contribution in [0, 0.1) is 5.92 Å². The monoisotopic (exact) mass is 214 g/mol. The van der Waals surface area contributed by atoms with E-state index in [9.17, 15) is 0 Å². The molecule has 5 heteroatoms. The normalized spacial score (nSPS) is 22.5. The summed E-state index contributed by atoms with van der Waals surface area (Å²) in [5.74, 6) is 4.20. The molecular formula is C9H14N2O2S. The second kappa shape index (κ2) is 4.79. The molecule has 1 unspecified atom stereocenters. The average Bonchev–Trinajstić information content (AvgIpc) is 2.67. The highest BCUT2D eigenvalue weighted by molar-refractivity contribution is 7.99. The molecular weight excluding hydrogens is 200 g/mol. The maximum absolute atomic E-state index is 8.77. The molecule has 0 amide bonds. The second-order valence-corrected chi connectivity index (χ2v) is 4.70. The lowest BCUT2D eigenvalue weighted by atomic mass is 10.0. The van der Waals surface area contributed by atoms with Gasteiger partial charge in [-0.25, -0.2) is 0 Å². The number of rotatable bonds is 3. The van der Waals surface area contributed by atoms with Gasteiger partial charge in [-0.1, -0.05) is 5.16 Å². The number of aliphatic hydroxyl groups excluding tert-OH is 1. The molecule has 1 N–H and O–H groups in total. The summed E-state index contributed by atoms with van der Waals surface area (Å²) in [7, 11) is 0. The third-order valence-electron chi connectivity index (χ3n) is 2.37. The molecule has 1 saturated heterocycles. The van der Waals surface area contributed by atoms with E-state index >= 15 is 0 Å². The highest BCUT2D eigenvalue weighted by atomic mass is 32.2. The lowest BCUT2D eigenvalue weighted by Crippen LogP contribution is -2.13. The van der Waals surface area contributed by atoms with E-state index < -0.39 is 0 Å². The van der Waals surface area contributed by atoms with Crippen LogP contribution in [0.15, 0.2) is 4.52 Å². The van der Waals surface area contributed by atoms with Gasteiger partial charge in [-0.2, -0.15) is 16.7 Å². The summed E-state index contributed by atoms with van der Waals surface area (Å²) < 4.78 is 5.03. The summed E-state index contributed by atoms with van der Waals surface area (Å²) in [6, 6.07) is 0. The molecule has 0 saturated carbocycles. The Balaban J connectivity index is 1.89. The molecule has 14 heavy (non-hydrogen) atoms. The first-order valence-corrected chi connectivity index (χ1v) is 6.04. The Morgan fingerprint density at radius 2 is 2.50 bits per heavy atom. The van der Waals surface area contributed by atoms with Crippen LogP contribution in [0.1, 0.15) is 24.6 Å². The van der Waals surface area contributed by atoms with Crippen LogP contribution in [0.25, 0.3) is 0 Å². The zero-order valence-corrected chi connectivity index (χ0v) is 8.79. The molecule has 78 valence electrons. The molecule has 1 atom stereocenters. The minimum atomic E-state index is -0.136. The highest BCUT2D eigenvalue weighted by Gasteiger charge is 2.17. The molecule has 2 heterocycles. The van der Waals surface area contributed by atoms with Crippen LogP contribution >= 0.6 is 11.8 Å².